The molecule has 1 fully saturated rings. The number of anilines is 2. The molecule has 3 nitrogen and oxygen atoms in total. The van der Waals surface area contributed by atoms with E-state index in [2.05, 4.69) is 17.2 Å². The highest BCUT2D eigenvalue weighted by Crippen LogP contribution is 2.35. The molecule has 0 bridgehead atoms. The smallest absolute Gasteiger partial charge is 0.0547 e. The average molecular weight is 219 g/mol. The number of nitrogen functional groups attached to an aromatic ring is 1. The van der Waals surface area contributed by atoms with Crippen molar-refractivity contribution in [1.82, 2.24) is 4.98 Å². The lowest BCUT2D eigenvalue weighted by molar-refractivity contribution is 0.233. The molecule has 1 aromatic rings. The largest absolute Gasteiger partial charge is 0.397 e. The van der Waals surface area contributed by atoms with Gasteiger partial charge in [-0.15, -0.1) is 0 Å². The summed E-state index contributed by atoms with van der Waals surface area (Å²) >= 11 is 0. The lowest BCUT2D eigenvalue weighted by atomic mass is 9.76. The fraction of sp³-hybridized carbons (Fsp3) is 0.615. The number of hydrogen-bond donors (Lipinski definition) is 2. The second-order valence-corrected chi connectivity index (χ2v) is 5.23. The Kier molecular flexibility index (Phi) is 3.32. The van der Waals surface area contributed by atoms with E-state index in [4.69, 9.17) is 5.73 Å². The van der Waals surface area contributed by atoms with Crippen LogP contribution in [0, 0.1) is 5.41 Å². The second-order valence-electron chi connectivity index (χ2n) is 5.23. The average Bonchev–Trinajstić information content (AvgIpc) is 2.28. The summed E-state index contributed by atoms with van der Waals surface area (Å²) in [6.07, 6.45) is 10.3. The number of hydrogen-bond acceptors (Lipinski definition) is 3. The third kappa shape index (κ3) is 2.87. The Morgan fingerprint density at radius 1 is 1.31 bits per heavy atom. The Balaban J connectivity index is 1.91. The highest BCUT2D eigenvalue weighted by atomic mass is 14.9. The zero-order valence-corrected chi connectivity index (χ0v) is 10.00. The molecule has 0 unspecified atom stereocenters. The summed E-state index contributed by atoms with van der Waals surface area (Å²) in [6, 6.07) is 1.94. The van der Waals surface area contributed by atoms with Crippen LogP contribution in [0.1, 0.15) is 39.0 Å². The molecule has 1 aliphatic carbocycles. The van der Waals surface area contributed by atoms with Gasteiger partial charge in [0.25, 0.3) is 0 Å². The molecule has 16 heavy (non-hydrogen) atoms. The van der Waals surface area contributed by atoms with Gasteiger partial charge in [0.2, 0.25) is 0 Å². The molecule has 1 aliphatic rings. The van der Waals surface area contributed by atoms with E-state index in [-0.39, 0.29) is 0 Å². The Labute approximate surface area is 97.5 Å². The summed E-state index contributed by atoms with van der Waals surface area (Å²) < 4.78 is 0. The Hall–Kier alpha value is -1.25. The molecule has 2 rings (SSSR count). The van der Waals surface area contributed by atoms with Gasteiger partial charge in [0.05, 0.1) is 17.6 Å². The van der Waals surface area contributed by atoms with E-state index in [1.54, 1.807) is 6.20 Å². The summed E-state index contributed by atoms with van der Waals surface area (Å²) in [5.41, 5.74) is 7.90. The van der Waals surface area contributed by atoms with Gasteiger partial charge < -0.3 is 11.1 Å². The molecule has 1 heterocycles. The third-order valence-electron chi connectivity index (χ3n) is 3.54. The highest BCUT2D eigenvalue weighted by molar-refractivity contribution is 5.51. The standard InChI is InChI=1S/C13H21N3/c1-13(5-3-2-4-6-13)10-16-12-7-11(14)8-15-9-12/h7-9,16H,2-6,10,14H2,1H3. The van der Waals surface area contributed by atoms with E-state index in [9.17, 15) is 0 Å². The van der Waals surface area contributed by atoms with Crippen LogP contribution in [0.15, 0.2) is 18.5 Å². The predicted molar refractivity (Wildman–Crippen MR) is 68.3 cm³/mol. The Morgan fingerprint density at radius 2 is 2.06 bits per heavy atom. The van der Waals surface area contributed by atoms with Crippen molar-refractivity contribution in [3.63, 3.8) is 0 Å². The van der Waals surface area contributed by atoms with Crippen molar-refractivity contribution in [2.75, 3.05) is 17.6 Å². The topological polar surface area (TPSA) is 50.9 Å². The number of rotatable bonds is 3. The van der Waals surface area contributed by atoms with Gasteiger partial charge in [0.15, 0.2) is 0 Å². The fourth-order valence-corrected chi connectivity index (χ4v) is 2.45. The van der Waals surface area contributed by atoms with Gasteiger partial charge in [-0.1, -0.05) is 26.2 Å². The van der Waals surface area contributed by atoms with Crippen molar-refractivity contribution in [1.29, 1.82) is 0 Å². The lowest BCUT2D eigenvalue weighted by Gasteiger charge is -2.34. The van der Waals surface area contributed by atoms with Crippen LogP contribution in [0.25, 0.3) is 0 Å². The maximum Gasteiger partial charge on any atom is 0.0547 e. The highest BCUT2D eigenvalue weighted by Gasteiger charge is 2.26. The molecule has 1 saturated carbocycles. The van der Waals surface area contributed by atoms with Gasteiger partial charge >= 0.3 is 0 Å². The molecule has 3 heteroatoms. The van der Waals surface area contributed by atoms with Crippen LogP contribution < -0.4 is 11.1 Å². The van der Waals surface area contributed by atoms with Crippen LogP contribution in [-0.4, -0.2) is 11.5 Å². The first-order chi connectivity index (χ1) is 7.68. The summed E-state index contributed by atoms with van der Waals surface area (Å²) in [4.78, 5) is 4.08. The molecule has 0 radical (unpaired) electrons. The molecule has 88 valence electrons. The molecule has 0 saturated heterocycles. The quantitative estimate of drug-likeness (QED) is 0.821. The fourth-order valence-electron chi connectivity index (χ4n) is 2.45. The van der Waals surface area contributed by atoms with Crippen molar-refractivity contribution in [3.05, 3.63) is 18.5 Å². The maximum absolute atomic E-state index is 5.70. The van der Waals surface area contributed by atoms with Gasteiger partial charge in [-0.05, 0) is 24.3 Å². The number of nitrogens with two attached hydrogens (primary N) is 1. The molecular formula is C13H21N3. The van der Waals surface area contributed by atoms with Crippen LogP contribution in [0.3, 0.4) is 0 Å². The van der Waals surface area contributed by atoms with E-state index in [1.165, 1.54) is 32.1 Å². The van der Waals surface area contributed by atoms with E-state index < -0.39 is 0 Å². The molecule has 0 aliphatic heterocycles. The summed E-state index contributed by atoms with van der Waals surface area (Å²) in [7, 11) is 0. The number of aromatic nitrogens is 1. The Morgan fingerprint density at radius 3 is 2.75 bits per heavy atom. The van der Waals surface area contributed by atoms with Crippen LogP contribution in [-0.2, 0) is 0 Å². The summed E-state index contributed by atoms with van der Waals surface area (Å²) in [5, 5.41) is 3.45. The second kappa shape index (κ2) is 4.73. The van der Waals surface area contributed by atoms with E-state index in [0.29, 0.717) is 5.41 Å². The minimum Gasteiger partial charge on any atom is -0.397 e. The van der Waals surface area contributed by atoms with Gasteiger partial charge in [0.1, 0.15) is 0 Å². The maximum atomic E-state index is 5.70. The number of nitrogens with zero attached hydrogens (tertiary/aromatic N) is 1. The van der Waals surface area contributed by atoms with Gasteiger partial charge in [0, 0.05) is 12.7 Å². The van der Waals surface area contributed by atoms with Crippen LogP contribution in [0.5, 0.6) is 0 Å². The van der Waals surface area contributed by atoms with Gasteiger partial charge in [-0.25, -0.2) is 0 Å². The number of nitrogens with one attached hydrogen (secondary N) is 1. The number of pyridine rings is 1. The Bertz CT molecular complexity index is 343. The monoisotopic (exact) mass is 219 g/mol. The van der Waals surface area contributed by atoms with Crippen molar-refractivity contribution in [2.24, 2.45) is 5.41 Å². The first kappa shape index (κ1) is 11.2. The third-order valence-corrected chi connectivity index (χ3v) is 3.54. The summed E-state index contributed by atoms with van der Waals surface area (Å²) in [5.74, 6) is 0. The van der Waals surface area contributed by atoms with E-state index in [0.717, 1.165) is 17.9 Å². The SMILES string of the molecule is CC1(CNc2cncc(N)c2)CCCCC1. The summed E-state index contributed by atoms with van der Waals surface area (Å²) in [6.45, 7) is 3.40. The van der Waals surface area contributed by atoms with E-state index >= 15 is 0 Å². The normalized spacial score (nSPS) is 19.3. The van der Waals surface area contributed by atoms with Crippen LogP contribution in [0.4, 0.5) is 11.4 Å². The molecule has 3 N–H and O–H groups in total. The van der Waals surface area contributed by atoms with Crippen molar-refractivity contribution >= 4 is 11.4 Å². The molecular weight excluding hydrogens is 198 g/mol. The van der Waals surface area contributed by atoms with Crippen molar-refractivity contribution in [2.45, 2.75) is 39.0 Å². The van der Waals surface area contributed by atoms with Crippen molar-refractivity contribution < 1.29 is 0 Å². The molecule has 1 aromatic heterocycles. The molecule has 0 spiro atoms. The zero-order chi connectivity index (χ0) is 11.4. The van der Waals surface area contributed by atoms with Crippen LogP contribution in [0.2, 0.25) is 0 Å². The molecule has 0 atom stereocenters. The predicted octanol–water partition coefficient (Wildman–Crippen LogP) is 3.05. The molecule has 0 amide bonds. The lowest BCUT2D eigenvalue weighted by Crippen LogP contribution is -2.28. The zero-order valence-electron chi connectivity index (χ0n) is 10.00. The van der Waals surface area contributed by atoms with Gasteiger partial charge in [-0.3, -0.25) is 4.98 Å². The van der Waals surface area contributed by atoms with Crippen LogP contribution >= 0.6 is 0 Å². The van der Waals surface area contributed by atoms with Gasteiger partial charge in [-0.2, -0.15) is 0 Å². The molecule has 0 aromatic carbocycles. The first-order valence-corrected chi connectivity index (χ1v) is 6.12. The van der Waals surface area contributed by atoms with E-state index in [1.807, 2.05) is 12.3 Å². The first-order valence-electron chi connectivity index (χ1n) is 6.12. The van der Waals surface area contributed by atoms with Crippen molar-refractivity contribution in [3.8, 4) is 0 Å². The minimum absolute atomic E-state index is 0.447. The minimum atomic E-state index is 0.447.